The van der Waals surface area contributed by atoms with E-state index in [1.54, 1.807) is 0 Å². The zero-order chi connectivity index (χ0) is 20.7. The fraction of sp³-hybridized carbons (Fsp3) is 0.353. The van der Waals surface area contributed by atoms with Crippen LogP contribution in [0.3, 0.4) is 0 Å². The number of nitrogens with zero attached hydrogens (tertiary/aromatic N) is 4. The summed E-state index contributed by atoms with van der Waals surface area (Å²) in [5, 5.41) is 52.5. The highest BCUT2D eigenvalue weighted by Gasteiger charge is 2.44. The Morgan fingerprint density at radius 2 is 1.93 bits per heavy atom. The molecule has 0 unspecified atom stereocenters. The molecule has 1 aliphatic heterocycles. The second-order valence-corrected chi connectivity index (χ2v) is 6.93. The molecule has 0 spiro atoms. The lowest BCUT2D eigenvalue weighted by Gasteiger charge is -2.16. The van der Waals surface area contributed by atoms with Gasteiger partial charge in [-0.15, -0.1) is 0 Å². The van der Waals surface area contributed by atoms with Gasteiger partial charge in [-0.05, 0) is 12.1 Å². The van der Waals surface area contributed by atoms with Crippen molar-refractivity contribution >= 4 is 28.6 Å². The van der Waals surface area contributed by atoms with E-state index in [2.05, 4.69) is 20.3 Å². The first-order valence-electron chi connectivity index (χ1n) is 8.65. The number of phenolic OH excluding ortho intramolecular Hbond substituents is 2. The minimum atomic E-state index is -1.28. The van der Waals surface area contributed by atoms with E-state index in [0.717, 1.165) is 0 Å². The highest BCUT2D eigenvalue weighted by Crippen LogP contribution is 2.35. The maximum Gasteiger partial charge on any atom is 0.167 e. The lowest BCUT2D eigenvalue weighted by molar-refractivity contribution is -0.0511. The fourth-order valence-corrected chi connectivity index (χ4v) is 3.40. The Balaban J connectivity index is 1.63. The van der Waals surface area contributed by atoms with Crippen LogP contribution in [0.15, 0.2) is 24.8 Å². The van der Waals surface area contributed by atoms with Crippen LogP contribution in [-0.2, 0) is 11.3 Å². The second kappa shape index (κ2) is 7.61. The third-order valence-electron chi connectivity index (χ3n) is 4.79. The van der Waals surface area contributed by atoms with E-state index < -0.39 is 31.1 Å². The Bertz CT molecular complexity index is 1050. The molecule has 11 nitrogen and oxygen atoms in total. The molecule has 3 heterocycles. The number of hydrogen-bond acceptors (Lipinski definition) is 10. The molecule has 1 aliphatic rings. The van der Waals surface area contributed by atoms with E-state index in [1.165, 1.54) is 29.4 Å². The van der Waals surface area contributed by atoms with Crippen molar-refractivity contribution in [3.63, 3.8) is 0 Å². The van der Waals surface area contributed by atoms with E-state index in [-0.39, 0.29) is 28.6 Å². The average molecular weight is 424 g/mol. The summed E-state index contributed by atoms with van der Waals surface area (Å²) in [5.74, 6) is -0.0810. The molecular weight excluding hydrogens is 406 g/mol. The summed E-state index contributed by atoms with van der Waals surface area (Å²) in [7, 11) is 0. The Hall–Kier alpha value is -2.70. The van der Waals surface area contributed by atoms with E-state index >= 15 is 0 Å². The smallest absolute Gasteiger partial charge is 0.167 e. The first-order chi connectivity index (χ1) is 13.9. The highest BCUT2D eigenvalue weighted by atomic mass is 35.5. The monoisotopic (exact) mass is 423 g/mol. The summed E-state index contributed by atoms with van der Waals surface area (Å²) in [6, 6.07) is 2.74. The molecule has 12 heteroatoms. The molecule has 1 fully saturated rings. The van der Waals surface area contributed by atoms with Gasteiger partial charge in [-0.1, -0.05) is 11.6 Å². The molecule has 154 valence electrons. The summed E-state index contributed by atoms with van der Waals surface area (Å²) in [6.07, 6.45) is -1.82. The van der Waals surface area contributed by atoms with Crippen LogP contribution in [0, 0.1) is 0 Å². The normalized spacial score (nSPS) is 24.3. The van der Waals surface area contributed by atoms with Gasteiger partial charge in [0.25, 0.3) is 0 Å². The van der Waals surface area contributed by atoms with E-state index in [9.17, 15) is 25.5 Å². The van der Waals surface area contributed by atoms with Gasteiger partial charge in [0, 0.05) is 6.54 Å². The zero-order valence-electron chi connectivity index (χ0n) is 14.8. The quantitative estimate of drug-likeness (QED) is 0.331. The van der Waals surface area contributed by atoms with Gasteiger partial charge in [0.05, 0.1) is 23.5 Å². The van der Waals surface area contributed by atoms with Crippen molar-refractivity contribution in [2.45, 2.75) is 31.1 Å². The minimum Gasteiger partial charge on any atom is -0.507 e. The lowest BCUT2D eigenvalue weighted by atomic mass is 10.1. The molecule has 1 aromatic carbocycles. The molecule has 4 rings (SSSR count). The first-order valence-corrected chi connectivity index (χ1v) is 9.03. The number of hydrogen-bond donors (Lipinski definition) is 6. The lowest BCUT2D eigenvalue weighted by Crippen LogP contribution is -2.33. The predicted octanol–water partition coefficient (Wildman–Crippen LogP) is 0.114. The van der Waals surface area contributed by atoms with Crippen LogP contribution in [0.5, 0.6) is 11.5 Å². The van der Waals surface area contributed by atoms with E-state index in [0.29, 0.717) is 17.0 Å². The molecule has 6 N–H and O–H groups in total. The Morgan fingerprint density at radius 1 is 1.14 bits per heavy atom. The molecule has 29 heavy (non-hydrogen) atoms. The zero-order valence-corrected chi connectivity index (χ0v) is 15.6. The number of phenols is 2. The summed E-state index contributed by atoms with van der Waals surface area (Å²) >= 11 is 5.88. The maximum absolute atomic E-state index is 10.2. The van der Waals surface area contributed by atoms with Crippen LogP contribution in [0.25, 0.3) is 11.2 Å². The largest absolute Gasteiger partial charge is 0.507 e. The van der Waals surface area contributed by atoms with E-state index in [1.807, 2.05) is 0 Å². The van der Waals surface area contributed by atoms with Crippen LogP contribution < -0.4 is 5.32 Å². The Morgan fingerprint density at radius 3 is 2.66 bits per heavy atom. The van der Waals surface area contributed by atoms with Gasteiger partial charge in [-0.2, -0.15) is 0 Å². The predicted molar refractivity (Wildman–Crippen MR) is 100 cm³/mol. The Labute approximate surface area is 168 Å². The summed E-state index contributed by atoms with van der Waals surface area (Å²) in [4.78, 5) is 12.5. The van der Waals surface area contributed by atoms with Crippen LogP contribution in [-0.4, -0.2) is 70.0 Å². The number of halogens is 1. The number of benzene rings is 1. The van der Waals surface area contributed by atoms with Crippen molar-refractivity contribution < 1.29 is 30.3 Å². The SMILES string of the molecule is OC[C@H]1O[C@@H](n2cnc3c(NCc4c(O)ccc(Cl)c4O)ncnc32)[C@H](O)[C@@H]1O. The van der Waals surface area contributed by atoms with Crippen LogP contribution in [0.4, 0.5) is 5.82 Å². The maximum atomic E-state index is 10.2. The Kier molecular flexibility index (Phi) is 5.15. The number of ether oxygens (including phenoxy) is 1. The number of nitrogens with one attached hydrogen (secondary N) is 1. The van der Waals surface area contributed by atoms with Crippen molar-refractivity contribution in [2.75, 3.05) is 11.9 Å². The number of aliphatic hydroxyl groups excluding tert-OH is 3. The van der Waals surface area contributed by atoms with Crippen molar-refractivity contribution in [2.24, 2.45) is 0 Å². The highest BCUT2D eigenvalue weighted by molar-refractivity contribution is 6.32. The molecule has 0 aliphatic carbocycles. The van der Waals surface area contributed by atoms with Crippen molar-refractivity contribution in [1.82, 2.24) is 19.5 Å². The van der Waals surface area contributed by atoms with Gasteiger partial charge >= 0.3 is 0 Å². The summed E-state index contributed by atoms with van der Waals surface area (Å²) < 4.78 is 6.94. The van der Waals surface area contributed by atoms with Crippen molar-refractivity contribution in [3.8, 4) is 11.5 Å². The summed E-state index contributed by atoms with van der Waals surface area (Å²) in [5.41, 5.74) is 0.843. The number of fused-ring (bicyclic) bond motifs is 1. The molecule has 0 radical (unpaired) electrons. The fourth-order valence-electron chi connectivity index (χ4n) is 3.22. The van der Waals surface area contributed by atoms with Gasteiger partial charge < -0.3 is 35.6 Å². The van der Waals surface area contributed by atoms with Crippen molar-refractivity contribution in [1.29, 1.82) is 0 Å². The first kappa shape index (κ1) is 19.6. The van der Waals surface area contributed by atoms with Crippen molar-refractivity contribution in [3.05, 3.63) is 35.4 Å². The van der Waals surface area contributed by atoms with Gasteiger partial charge in [0.15, 0.2) is 23.2 Å². The molecule has 4 atom stereocenters. The third-order valence-corrected chi connectivity index (χ3v) is 5.10. The van der Waals surface area contributed by atoms with Gasteiger partial charge in [0.2, 0.25) is 0 Å². The molecule has 2 aromatic heterocycles. The van der Waals surface area contributed by atoms with Crippen LogP contribution in [0.2, 0.25) is 5.02 Å². The molecule has 3 aromatic rings. The summed E-state index contributed by atoms with van der Waals surface area (Å²) in [6.45, 7) is -0.444. The second-order valence-electron chi connectivity index (χ2n) is 6.52. The number of aromatic hydroxyl groups is 2. The molecule has 0 saturated carbocycles. The standard InChI is InChI=1S/C17H18ClN5O6/c18-8-1-2-9(25)7(12(8)26)3-19-15-11-16(21-5-20-15)23(6-22-11)17-14(28)13(27)10(4-24)29-17/h1-2,5-6,10,13-14,17,24-28H,3-4H2,(H,19,20,21)/t10-,13-,14-,17-/m1/s1. The molecule has 0 bridgehead atoms. The number of imidazole rings is 1. The van der Waals surface area contributed by atoms with Gasteiger partial charge in [-0.3, -0.25) is 4.57 Å². The van der Waals surface area contributed by atoms with Gasteiger partial charge in [0.1, 0.15) is 36.1 Å². The molecule has 0 amide bonds. The molecular formula is C17H18ClN5O6. The average Bonchev–Trinajstić information content (AvgIpc) is 3.26. The van der Waals surface area contributed by atoms with Gasteiger partial charge in [-0.25, -0.2) is 15.0 Å². The minimum absolute atomic E-state index is 0.00501. The molecule has 1 saturated heterocycles. The number of aliphatic hydroxyl groups is 3. The number of anilines is 1. The topological polar surface area (TPSA) is 166 Å². The number of aromatic nitrogens is 4. The third kappa shape index (κ3) is 3.32. The van der Waals surface area contributed by atoms with Crippen LogP contribution >= 0.6 is 11.6 Å². The number of rotatable bonds is 5. The van der Waals surface area contributed by atoms with Crippen LogP contribution in [0.1, 0.15) is 11.8 Å². The van der Waals surface area contributed by atoms with E-state index in [4.69, 9.17) is 16.3 Å².